The van der Waals surface area contributed by atoms with Gasteiger partial charge in [-0.3, -0.25) is 0 Å². The monoisotopic (exact) mass is 553 g/mol. The molecule has 0 aliphatic heterocycles. The molecule has 2 rings (SSSR count). The Hall–Kier alpha value is -1.95. The Labute approximate surface area is 196 Å². The van der Waals surface area contributed by atoms with E-state index in [9.17, 15) is 43.9 Å². The van der Waals surface area contributed by atoms with Crippen LogP contribution in [-0.2, 0) is 8.85 Å². The second-order valence-corrected chi connectivity index (χ2v) is 14.8. The topological polar surface area (TPSA) is 30.5 Å². The number of hydrogen-bond acceptors (Lipinski definition) is 3. The molecule has 1 N–H and O–H groups in total. The summed E-state index contributed by atoms with van der Waals surface area (Å²) >= 11 is 0. The SMILES string of the molecule is C[Si](N[Si](C)(OCC(F)(F)C(F)(F)F)c1ccccc1)(OCC(F)(F)C(F)(F)F)c1ccccc1. The minimum absolute atomic E-state index is 0.138. The minimum atomic E-state index is -5.93. The van der Waals surface area contributed by atoms with Gasteiger partial charge in [-0.25, -0.2) is 0 Å². The van der Waals surface area contributed by atoms with Crippen LogP contribution in [0.25, 0.3) is 0 Å². The van der Waals surface area contributed by atoms with Crippen LogP contribution < -0.4 is 15.0 Å². The lowest BCUT2D eigenvalue weighted by atomic mass is 10.3. The summed E-state index contributed by atoms with van der Waals surface area (Å²) in [5.41, 5.74) is 0. The van der Waals surface area contributed by atoms with Crippen molar-refractivity contribution in [3.63, 3.8) is 0 Å². The molecule has 0 radical (unpaired) electrons. The number of benzene rings is 2. The maximum absolute atomic E-state index is 13.7. The first-order valence-corrected chi connectivity index (χ1v) is 14.7. The van der Waals surface area contributed by atoms with Gasteiger partial charge in [-0.1, -0.05) is 60.7 Å². The van der Waals surface area contributed by atoms with Gasteiger partial charge in [-0.15, -0.1) is 0 Å². The number of alkyl halides is 10. The molecule has 0 aromatic heterocycles. The van der Waals surface area contributed by atoms with Crippen molar-refractivity contribution < 1.29 is 52.8 Å². The molecule has 0 amide bonds. The summed E-state index contributed by atoms with van der Waals surface area (Å²) in [6, 6.07) is 14.2. The van der Waals surface area contributed by atoms with Gasteiger partial charge < -0.3 is 13.5 Å². The molecule has 2 unspecified atom stereocenters. The van der Waals surface area contributed by atoms with Crippen molar-refractivity contribution in [2.75, 3.05) is 13.2 Å². The fraction of sp³-hybridized carbons (Fsp3) is 0.400. The molecule has 0 bridgehead atoms. The number of hydrogen-bond donors (Lipinski definition) is 1. The van der Waals surface area contributed by atoms with Crippen LogP contribution in [0.4, 0.5) is 43.9 Å². The molecule has 2 atom stereocenters. The molecule has 196 valence electrons. The summed E-state index contributed by atoms with van der Waals surface area (Å²) in [6.45, 7) is -1.82. The third kappa shape index (κ3) is 7.06. The third-order valence-electron chi connectivity index (χ3n) is 5.04. The van der Waals surface area contributed by atoms with Crippen LogP contribution in [0.5, 0.6) is 0 Å². The fourth-order valence-corrected chi connectivity index (χ4v) is 11.3. The van der Waals surface area contributed by atoms with E-state index >= 15 is 0 Å². The normalized spacial score (nSPS) is 17.0. The lowest BCUT2D eigenvalue weighted by molar-refractivity contribution is -0.291. The highest BCUT2D eigenvalue weighted by Gasteiger charge is 2.60. The fourth-order valence-electron chi connectivity index (χ4n) is 2.98. The zero-order valence-electron chi connectivity index (χ0n) is 18.3. The Kier molecular flexibility index (Phi) is 8.53. The quantitative estimate of drug-likeness (QED) is 0.333. The second kappa shape index (κ2) is 10.2. The number of nitrogens with one attached hydrogen (secondary N) is 1. The van der Waals surface area contributed by atoms with Crippen LogP contribution in [0.2, 0.25) is 13.1 Å². The summed E-state index contributed by atoms with van der Waals surface area (Å²) in [7, 11) is -8.19. The number of halogens is 10. The summed E-state index contributed by atoms with van der Waals surface area (Å²) < 4.78 is 144. The molecule has 0 aliphatic carbocycles. The molecule has 0 heterocycles. The van der Waals surface area contributed by atoms with Gasteiger partial charge in [0.1, 0.15) is 13.2 Å². The molecule has 0 fully saturated rings. The average Bonchev–Trinajstić information content (AvgIpc) is 2.76. The predicted molar refractivity (Wildman–Crippen MR) is 112 cm³/mol. The van der Waals surface area contributed by atoms with Gasteiger partial charge in [-0.2, -0.15) is 43.9 Å². The average molecular weight is 554 g/mol. The largest absolute Gasteiger partial charge is 0.455 e. The Bertz CT molecular complexity index is 882. The molecule has 0 aliphatic rings. The van der Waals surface area contributed by atoms with E-state index in [0.29, 0.717) is 0 Å². The van der Waals surface area contributed by atoms with E-state index < -0.39 is 54.4 Å². The Morgan fingerprint density at radius 3 is 1.11 bits per heavy atom. The highest BCUT2D eigenvalue weighted by Crippen LogP contribution is 2.37. The van der Waals surface area contributed by atoms with E-state index in [1.54, 1.807) is 0 Å². The first-order valence-electron chi connectivity index (χ1n) is 9.90. The third-order valence-corrected chi connectivity index (χ3v) is 13.2. The van der Waals surface area contributed by atoms with Crippen LogP contribution in [0.1, 0.15) is 0 Å². The molecular formula is C20H21F10NO2Si2. The van der Waals surface area contributed by atoms with E-state index in [-0.39, 0.29) is 10.4 Å². The zero-order chi connectivity index (χ0) is 26.8. The van der Waals surface area contributed by atoms with Crippen LogP contribution in [-0.4, -0.2) is 54.4 Å². The van der Waals surface area contributed by atoms with Gasteiger partial charge in [-0.05, 0) is 23.5 Å². The standard InChI is InChI=1S/C20H21F10NO2Si2/c1-34(15-9-5-3-6-10-15,32-13-17(21,22)19(25,26)27)31-35(2,16-11-7-4-8-12-16)33-14-18(23,24)20(28,29)30/h3-12,31H,13-14H2,1-2H3. The maximum atomic E-state index is 13.7. The van der Waals surface area contributed by atoms with Gasteiger partial charge in [0.25, 0.3) is 17.0 Å². The predicted octanol–water partition coefficient (Wildman–Crippen LogP) is 4.96. The molecule has 0 spiro atoms. The van der Waals surface area contributed by atoms with Crippen LogP contribution in [0.15, 0.2) is 60.7 Å². The smallest absolute Gasteiger partial charge is 0.393 e. The van der Waals surface area contributed by atoms with Crippen molar-refractivity contribution in [3.05, 3.63) is 60.7 Å². The highest BCUT2D eigenvalue weighted by molar-refractivity contribution is 6.98. The van der Waals surface area contributed by atoms with Crippen molar-refractivity contribution in [1.82, 2.24) is 4.65 Å². The summed E-state index contributed by atoms with van der Waals surface area (Å²) in [6.07, 6.45) is -11.9. The van der Waals surface area contributed by atoms with Crippen molar-refractivity contribution in [2.45, 2.75) is 37.3 Å². The second-order valence-electron chi connectivity index (χ2n) is 7.91. The van der Waals surface area contributed by atoms with Gasteiger partial charge in [0.2, 0.25) is 0 Å². The van der Waals surface area contributed by atoms with E-state index in [2.05, 4.69) is 4.65 Å². The van der Waals surface area contributed by atoms with E-state index in [1.165, 1.54) is 73.8 Å². The van der Waals surface area contributed by atoms with Crippen LogP contribution >= 0.6 is 0 Å². The van der Waals surface area contributed by atoms with Gasteiger partial charge in [0, 0.05) is 0 Å². The summed E-state index contributed by atoms with van der Waals surface area (Å²) in [5, 5.41) is 0.276. The summed E-state index contributed by atoms with van der Waals surface area (Å²) in [5.74, 6) is -10.5. The van der Waals surface area contributed by atoms with E-state index in [4.69, 9.17) is 8.85 Å². The van der Waals surface area contributed by atoms with Gasteiger partial charge >= 0.3 is 24.2 Å². The van der Waals surface area contributed by atoms with Crippen molar-refractivity contribution in [3.8, 4) is 0 Å². The van der Waals surface area contributed by atoms with E-state index in [1.807, 2.05) is 0 Å². The molecule has 0 saturated carbocycles. The van der Waals surface area contributed by atoms with Crippen LogP contribution in [0.3, 0.4) is 0 Å². The molecular weight excluding hydrogens is 532 g/mol. The first kappa shape index (κ1) is 29.3. The van der Waals surface area contributed by atoms with Crippen LogP contribution in [0, 0.1) is 0 Å². The minimum Gasteiger partial charge on any atom is -0.393 e. The molecule has 35 heavy (non-hydrogen) atoms. The van der Waals surface area contributed by atoms with Crippen molar-refractivity contribution in [2.24, 2.45) is 0 Å². The van der Waals surface area contributed by atoms with Gasteiger partial charge in [0.05, 0.1) is 0 Å². The van der Waals surface area contributed by atoms with E-state index in [0.717, 1.165) is 0 Å². The Morgan fingerprint density at radius 2 is 0.857 bits per heavy atom. The molecule has 0 saturated heterocycles. The molecule has 15 heteroatoms. The maximum Gasteiger partial charge on any atom is 0.455 e. The molecule has 3 nitrogen and oxygen atoms in total. The summed E-state index contributed by atoms with van der Waals surface area (Å²) in [4.78, 5) is 0. The Balaban J connectivity index is 2.50. The lowest BCUT2D eigenvalue weighted by Gasteiger charge is -2.39. The Morgan fingerprint density at radius 1 is 0.571 bits per heavy atom. The number of rotatable bonds is 10. The zero-order valence-corrected chi connectivity index (χ0v) is 20.3. The van der Waals surface area contributed by atoms with Crippen molar-refractivity contribution in [1.29, 1.82) is 0 Å². The van der Waals surface area contributed by atoms with Gasteiger partial charge in [0.15, 0.2) is 0 Å². The highest BCUT2D eigenvalue weighted by atomic mass is 28.4. The van der Waals surface area contributed by atoms with Crippen molar-refractivity contribution >= 4 is 27.3 Å². The first-order chi connectivity index (χ1) is 15.8. The molecule has 2 aromatic rings. The lowest BCUT2D eigenvalue weighted by Crippen LogP contribution is -2.75. The molecule has 2 aromatic carbocycles.